The summed E-state index contributed by atoms with van der Waals surface area (Å²) in [4.78, 5) is 11.6. The molecule has 25 heavy (non-hydrogen) atoms. The van der Waals surface area contributed by atoms with Gasteiger partial charge in [-0.15, -0.1) is 0 Å². The van der Waals surface area contributed by atoms with Crippen LogP contribution in [0, 0.1) is 13.8 Å². The van der Waals surface area contributed by atoms with Crippen molar-refractivity contribution in [2.75, 3.05) is 6.54 Å². The molecule has 1 aromatic carbocycles. The van der Waals surface area contributed by atoms with Crippen molar-refractivity contribution in [3.63, 3.8) is 0 Å². The molecule has 0 aliphatic rings. The second kappa shape index (κ2) is 6.16. The first kappa shape index (κ1) is 17.4. The minimum atomic E-state index is -3.69. The van der Waals surface area contributed by atoms with E-state index in [-0.39, 0.29) is 17.0 Å². The van der Waals surface area contributed by atoms with Crippen molar-refractivity contribution in [3.05, 3.63) is 45.7 Å². The van der Waals surface area contributed by atoms with Crippen LogP contribution in [0.15, 0.2) is 32.3 Å². The minimum absolute atomic E-state index is 0.0639. The van der Waals surface area contributed by atoms with Gasteiger partial charge in [0, 0.05) is 32.4 Å². The van der Waals surface area contributed by atoms with E-state index in [1.54, 1.807) is 17.8 Å². The lowest BCUT2D eigenvalue weighted by molar-refractivity contribution is 0.527. The number of hydrogen-bond acceptors (Lipinski definition) is 5. The molecule has 0 spiro atoms. The van der Waals surface area contributed by atoms with Crippen LogP contribution in [0.3, 0.4) is 0 Å². The molecule has 1 N–H and O–H groups in total. The van der Waals surface area contributed by atoms with Crippen molar-refractivity contribution in [1.82, 2.24) is 19.1 Å². The Bertz CT molecular complexity index is 1110. The second-order valence-corrected chi connectivity index (χ2v) is 7.74. The Morgan fingerprint density at radius 2 is 1.96 bits per heavy atom. The first-order valence-corrected chi connectivity index (χ1v) is 9.27. The molecule has 0 radical (unpaired) electrons. The molecule has 0 bridgehead atoms. The van der Waals surface area contributed by atoms with Crippen LogP contribution in [0.25, 0.3) is 11.1 Å². The van der Waals surface area contributed by atoms with Gasteiger partial charge in [0.2, 0.25) is 10.0 Å². The van der Waals surface area contributed by atoms with Gasteiger partial charge < -0.3 is 4.42 Å². The molecular formula is C16H20N4O4S. The van der Waals surface area contributed by atoms with E-state index in [0.29, 0.717) is 11.9 Å². The summed E-state index contributed by atoms with van der Waals surface area (Å²) in [7, 11) is -0.264. The normalized spacial score (nSPS) is 12.2. The Hall–Kier alpha value is -2.39. The first-order valence-electron chi connectivity index (χ1n) is 7.79. The number of fused-ring (bicyclic) bond motifs is 1. The van der Waals surface area contributed by atoms with E-state index < -0.39 is 15.8 Å². The van der Waals surface area contributed by atoms with Crippen molar-refractivity contribution in [2.45, 2.75) is 25.2 Å². The third kappa shape index (κ3) is 3.12. The summed E-state index contributed by atoms with van der Waals surface area (Å²) in [6.45, 7) is 4.11. The molecule has 0 unspecified atom stereocenters. The van der Waals surface area contributed by atoms with Gasteiger partial charge in [0.05, 0.1) is 16.1 Å². The van der Waals surface area contributed by atoms with Gasteiger partial charge in [0.25, 0.3) is 0 Å². The summed E-state index contributed by atoms with van der Waals surface area (Å²) in [6.07, 6.45) is 0.549. The van der Waals surface area contributed by atoms with Crippen molar-refractivity contribution in [1.29, 1.82) is 0 Å². The van der Waals surface area contributed by atoms with Gasteiger partial charge in [-0.1, -0.05) is 0 Å². The molecule has 2 heterocycles. The summed E-state index contributed by atoms with van der Waals surface area (Å²) in [5.74, 6) is -0.528. The van der Waals surface area contributed by atoms with Gasteiger partial charge in [-0.2, -0.15) is 5.10 Å². The molecule has 9 heteroatoms. The molecule has 0 atom stereocenters. The summed E-state index contributed by atoms with van der Waals surface area (Å²) in [5.41, 5.74) is 3.74. The highest BCUT2D eigenvalue weighted by molar-refractivity contribution is 7.89. The summed E-state index contributed by atoms with van der Waals surface area (Å²) >= 11 is 0. The van der Waals surface area contributed by atoms with E-state index >= 15 is 0 Å². The molecule has 2 aromatic heterocycles. The zero-order valence-corrected chi connectivity index (χ0v) is 15.3. The quantitative estimate of drug-likeness (QED) is 0.728. The van der Waals surface area contributed by atoms with Crippen LogP contribution < -0.4 is 10.5 Å². The number of oxazole rings is 1. The zero-order chi connectivity index (χ0) is 18.4. The maximum absolute atomic E-state index is 12.5. The molecule has 8 nitrogen and oxygen atoms in total. The number of hydrogen-bond donors (Lipinski definition) is 1. The molecule has 3 aromatic rings. The van der Waals surface area contributed by atoms with E-state index in [2.05, 4.69) is 9.82 Å². The smallest absolute Gasteiger partial charge is 0.408 e. The topological polar surface area (TPSA) is 99.1 Å². The van der Waals surface area contributed by atoms with Crippen LogP contribution in [0.2, 0.25) is 0 Å². The third-order valence-electron chi connectivity index (χ3n) is 4.40. The second-order valence-electron chi connectivity index (χ2n) is 5.98. The number of sulfonamides is 1. The predicted molar refractivity (Wildman–Crippen MR) is 93.0 cm³/mol. The largest absolute Gasteiger partial charge is 0.419 e. The maximum atomic E-state index is 12.5. The fourth-order valence-electron chi connectivity index (χ4n) is 2.85. The van der Waals surface area contributed by atoms with Crippen LogP contribution in [-0.4, -0.2) is 29.3 Å². The molecule has 0 amide bonds. The van der Waals surface area contributed by atoms with Gasteiger partial charge in [0.15, 0.2) is 5.58 Å². The summed E-state index contributed by atoms with van der Waals surface area (Å²) in [5, 5.41) is 4.32. The molecule has 0 saturated carbocycles. The molecule has 0 aliphatic heterocycles. The highest BCUT2D eigenvalue weighted by atomic mass is 32.2. The number of benzene rings is 1. The minimum Gasteiger partial charge on any atom is -0.408 e. The van der Waals surface area contributed by atoms with E-state index in [9.17, 15) is 13.2 Å². The van der Waals surface area contributed by atoms with E-state index in [1.807, 2.05) is 20.9 Å². The van der Waals surface area contributed by atoms with Crippen LogP contribution >= 0.6 is 0 Å². The molecule has 3 rings (SSSR count). The Balaban J connectivity index is 1.79. The lowest BCUT2D eigenvalue weighted by atomic mass is 10.1. The van der Waals surface area contributed by atoms with Gasteiger partial charge in [-0.25, -0.2) is 17.9 Å². The van der Waals surface area contributed by atoms with Gasteiger partial charge in [-0.3, -0.25) is 9.25 Å². The van der Waals surface area contributed by atoms with Gasteiger partial charge in [-0.05, 0) is 38.0 Å². The molecule has 134 valence electrons. The Morgan fingerprint density at radius 3 is 2.60 bits per heavy atom. The van der Waals surface area contributed by atoms with Crippen molar-refractivity contribution in [3.8, 4) is 0 Å². The maximum Gasteiger partial charge on any atom is 0.419 e. The summed E-state index contributed by atoms with van der Waals surface area (Å²) < 4.78 is 35.7. The predicted octanol–water partition coefficient (Wildman–Crippen LogP) is 1.00. The lowest BCUT2D eigenvalue weighted by Crippen LogP contribution is -2.26. The number of aromatic nitrogens is 3. The van der Waals surface area contributed by atoms with E-state index in [4.69, 9.17) is 4.42 Å². The third-order valence-corrected chi connectivity index (χ3v) is 5.86. The zero-order valence-electron chi connectivity index (χ0n) is 14.5. The number of aryl methyl sites for hydroxylation is 3. The van der Waals surface area contributed by atoms with Gasteiger partial charge >= 0.3 is 5.76 Å². The highest BCUT2D eigenvalue weighted by Gasteiger charge is 2.17. The Kier molecular flexibility index (Phi) is 4.29. The van der Waals surface area contributed by atoms with Crippen molar-refractivity contribution < 1.29 is 12.8 Å². The van der Waals surface area contributed by atoms with Crippen LogP contribution in [0.4, 0.5) is 0 Å². The summed E-state index contributed by atoms with van der Waals surface area (Å²) in [6, 6.07) is 4.38. The standard InChI is InChI=1S/C16H20N4O4S/c1-10-13(11(2)20(4)18-10)7-8-17-25(22,23)12-5-6-14-15(9-12)24-16(21)19(14)3/h5-6,9,17H,7-8H2,1-4H3. The average Bonchev–Trinajstić information content (AvgIpc) is 2.97. The Labute approximate surface area is 145 Å². The van der Waals surface area contributed by atoms with E-state index in [1.165, 1.54) is 16.7 Å². The SMILES string of the molecule is Cc1nn(C)c(C)c1CCNS(=O)(=O)c1ccc2c(c1)oc(=O)n2C. The fourth-order valence-corrected chi connectivity index (χ4v) is 3.90. The number of nitrogens with zero attached hydrogens (tertiary/aromatic N) is 3. The molecule has 0 aliphatic carbocycles. The van der Waals surface area contributed by atoms with Crippen LogP contribution in [-0.2, 0) is 30.5 Å². The fraction of sp³-hybridized carbons (Fsp3) is 0.375. The van der Waals surface area contributed by atoms with Gasteiger partial charge in [0.1, 0.15) is 0 Å². The van der Waals surface area contributed by atoms with Crippen molar-refractivity contribution >= 4 is 21.1 Å². The Morgan fingerprint density at radius 1 is 1.24 bits per heavy atom. The van der Waals surface area contributed by atoms with Crippen LogP contribution in [0.5, 0.6) is 0 Å². The average molecular weight is 364 g/mol. The van der Waals surface area contributed by atoms with Crippen LogP contribution in [0.1, 0.15) is 17.0 Å². The number of rotatable bonds is 5. The lowest BCUT2D eigenvalue weighted by Gasteiger charge is -2.07. The number of nitrogens with one attached hydrogen (secondary N) is 1. The first-order chi connectivity index (χ1) is 11.7. The molecular weight excluding hydrogens is 344 g/mol. The highest BCUT2D eigenvalue weighted by Crippen LogP contribution is 2.18. The monoisotopic (exact) mass is 364 g/mol. The molecule has 0 fully saturated rings. The van der Waals surface area contributed by atoms with Crippen molar-refractivity contribution in [2.24, 2.45) is 14.1 Å². The van der Waals surface area contributed by atoms with E-state index in [0.717, 1.165) is 17.0 Å². The molecule has 0 saturated heterocycles.